The Kier molecular flexibility index (Phi) is 5.74. The van der Waals surface area contributed by atoms with E-state index in [4.69, 9.17) is 4.52 Å². The Labute approximate surface area is 141 Å². The first-order chi connectivity index (χ1) is 11.3. The van der Waals surface area contributed by atoms with Crippen molar-refractivity contribution in [2.24, 2.45) is 0 Å². The highest BCUT2D eigenvalue weighted by Gasteiger charge is 2.24. The minimum Gasteiger partial charge on any atom is -0.360 e. The fraction of sp³-hybridized carbons (Fsp3) is 0.375. The molecule has 1 aromatic heterocycles. The second kappa shape index (κ2) is 7.59. The van der Waals surface area contributed by atoms with Gasteiger partial charge in [0.25, 0.3) is 0 Å². The van der Waals surface area contributed by atoms with Crippen LogP contribution in [0.25, 0.3) is 0 Å². The van der Waals surface area contributed by atoms with E-state index >= 15 is 0 Å². The van der Waals surface area contributed by atoms with Crippen molar-refractivity contribution in [2.75, 3.05) is 13.6 Å². The largest absolute Gasteiger partial charge is 0.360 e. The molecule has 0 saturated heterocycles. The maximum absolute atomic E-state index is 12.2. The molecule has 0 radical (unpaired) electrons. The standard InChI is InChI=1S/C16H21N3O4S/c1-12-16(13(2)23-18-12)24(21,22)17-10-9-15(20)19(3)11-14-7-5-4-6-8-14/h4-8,17H,9-11H2,1-3H3. The fourth-order valence-electron chi connectivity index (χ4n) is 2.36. The van der Waals surface area contributed by atoms with Gasteiger partial charge in [-0.2, -0.15) is 0 Å². The summed E-state index contributed by atoms with van der Waals surface area (Å²) in [6.45, 7) is 3.60. The molecule has 24 heavy (non-hydrogen) atoms. The Morgan fingerprint density at radius 3 is 2.50 bits per heavy atom. The van der Waals surface area contributed by atoms with Crippen molar-refractivity contribution < 1.29 is 17.7 Å². The lowest BCUT2D eigenvalue weighted by molar-refractivity contribution is -0.130. The number of nitrogens with one attached hydrogen (secondary N) is 1. The zero-order valence-corrected chi connectivity index (χ0v) is 14.8. The van der Waals surface area contributed by atoms with Gasteiger partial charge in [0.05, 0.1) is 0 Å². The number of sulfonamides is 1. The predicted molar refractivity (Wildman–Crippen MR) is 88.7 cm³/mol. The first-order valence-corrected chi connectivity index (χ1v) is 9.00. The van der Waals surface area contributed by atoms with Crippen molar-refractivity contribution >= 4 is 15.9 Å². The normalized spacial score (nSPS) is 11.5. The fourth-order valence-corrected chi connectivity index (χ4v) is 3.72. The highest BCUT2D eigenvalue weighted by Crippen LogP contribution is 2.18. The third-order valence-corrected chi connectivity index (χ3v) is 5.26. The summed E-state index contributed by atoms with van der Waals surface area (Å²) < 4.78 is 31.8. The molecule has 0 atom stereocenters. The Hall–Kier alpha value is -2.19. The monoisotopic (exact) mass is 351 g/mol. The van der Waals surface area contributed by atoms with Crippen LogP contribution in [0, 0.1) is 13.8 Å². The summed E-state index contributed by atoms with van der Waals surface area (Å²) in [6.07, 6.45) is 0.0753. The maximum atomic E-state index is 12.2. The Morgan fingerprint density at radius 2 is 1.92 bits per heavy atom. The van der Waals surface area contributed by atoms with E-state index in [2.05, 4.69) is 9.88 Å². The van der Waals surface area contributed by atoms with Crippen molar-refractivity contribution in [1.29, 1.82) is 0 Å². The average molecular weight is 351 g/mol. The first kappa shape index (κ1) is 18.2. The van der Waals surface area contributed by atoms with Gasteiger partial charge in [-0.3, -0.25) is 4.79 Å². The molecule has 0 aliphatic heterocycles. The van der Waals surface area contributed by atoms with Crippen LogP contribution >= 0.6 is 0 Å². The van der Waals surface area contributed by atoms with E-state index in [9.17, 15) is 13.2 Å². The van der Waals surface area contributed by atoms with Gasteiger partial charge in [-0.15, -0.1) is 0 Å². The van der Waals surface area contributed by atoms with Gasteiger partial charge in [0.1, 0.15) is 10.6 Å². The van der Waals surface area contributed by atoms with E-state index < -0.39 is 10.0 Å². The smallest absolute Gasteiger partial charge is 0.245 e. The molecular formula is C16H21N3O4S. The molecule has 0 bridgehead atoms. The number of carbonyl (C=O) groups is 1. The summed E-state index contributed by atoms with van der Waals surface area (Å²) >= 11 is 0. The Bertz CT molecular complexity index is 780. The van der Waals surface area contributed by atoms with E-state index in [1.807, 2.05) is 30.3 Å². The highest BCUT2D eigenvalue weighted by molar-refractivity contribution is 7.89. The zero-order valence-electron chi connectivity index (χ0n) is 13.9. The minimum atomic E-state index is -3.74. The van der Waals surface area contributed by atoms with E-state index in [1.54, 1.807) is 18.9 Å². The molecule has 1 amide bonds. The molecule has 0 fully saturated rings. The minimum absolute atomic E-state index is 0.0182. The lowest BCUT2D eigenvalue weighted by Gasteiger charge is -2.17. The van der Waals surface area contributed by atoms with Crippen LogP contribution < -0.4 is 4.72 Å². The second-order valence-electron chi connectivity index (χ2n) is 5.54. The topological polar surface area (TPSA) is 92.5 Å². The Balaban J connectivity index is 1.88. The number of carbonyl (C=O) groups excluding carboxylic acids is 1. The van der Waals surface area contributed by atoms with Gasteiger partial charge in [0.2, 0.25) is 15.9 Å². The summed E-state index contributed by atoms with van der Waals surface area (Å²) in [5.41, 5.74) is 1.32. The number of hydrogen-bond acceptors (Lipinski definition) is 5. The van der Waals surface area contributed by atoms with Gasteiger partial charge in [-0.1, -0.05) is 35.5 Å². The molecule has 130 valence electrons. The molecule has 0 unspecified atom stereocenters. The molecular weight excluding hydrogens is 330 g/mol. The van der Waals surface area contributed by atoms with Crippen LogP contribution in [0.3, 0.4) is 0 Å². The lowest BCUT2D eigenvalue weighted by Crippen LogP contribution is -2.32. The number of rotatable bonds is 7. The molecule has 0 saturated carbocycles. The van der Waals surface area contributed by atoms with Crippen LogP contribution in [-0.2, 0) is 21.4 Å². The van der Waals surface area contributed by atoms with Gasteiger partial charge in [0.15, 0.2) is 5.76 Å². The summed E-state index contributed by atoms with van der Waals surface area (Å²) in [5, 5.41) is 3.63. The molecule has 2 rings (SSSR count). The van der Waals surface area contributed by atoms with Crippen molar-refractivity contribution in [3.8, 4) is 0 Å². The molecule has 0 aliphatic rings. The van der Waals surface area contributed by atoms with Crippen LogP contribution in [0.5, 0.6) is 0 Å². The van der Waals surface area contributed by atoms with Crippen LogP contribution in [0.2, 0.25) is 0 Å². The lowest BCUT2D eigenvalue weighted by atomic mass is 10.2. The van der Waals surface area contributed by atoms with Gasteiger partial charge in [-0.05, 0) is 19.4 Å². The average Bonchev–Trinajstić information content (AvgIpc) is 2.87. The third-order valence-electron chi connectivity index (χ3n) is 3.56. The molecule has 8 heteroatoms. The van der Waals surface area contributed by atoms with Gasteiger partial charge < -0.3 is 9.42 Å². The Morgan fingerprint density at radius 1 is 1.25 bits per heavy atom. The van der Waals surface area contributed by atoms with Crippen molar-refractivity contribution in [1.82, 2.24) is 14.8 Å². The number of hydrogen-bond donors (Lipinski definition) is 1. The van der Waals surface area contributed by atoms with Crippen molar-refractivity contribution in [3.05, 3.63) is 47.3 Å². The van der Waals surface area contributed by atoms with Crippen LogP contribution in [0.1, 0.15) is 23.4 Å². The maximum Gasteiger partial charge on any atom is 0.245 e. The van der Waals surface area contributed by atoms with Gasteiger partial charge in [-0.25, -0.2) is 13.1 Å². The third kappa shape index (κ3) is 4.42. The van der Waals surface area contributed by atoms with Crippen LogP contribution in [0.4, 0.5) is 0 Å². The van der Waals surface area contributed by atoms with E-state index in [-0.39, 0.29) is 29.5 Å². The predicted octanol–water partition coefficient (Wildman–Crippen LogP) is 1.62. The van der Waals surface area contributed by atoms with Crippen LogP contribution in [0.15, 0.2) is 39.8 Å². The number of benzene rings is 1. The first-order valence-electron chi connectivity index (χ1n) is 7.51. The highest BCUT2D eigenvalue weighted by atomic mass is 32.2. The molecule has 1 N–H and O–H groups in total. The van der Waals surface area contributed by atoms with E-state index in [1.165, 1.54) is 6.92 Å². The van der Waals surface area contributed by atoms with E-state index in [0.717, 1.165) is 5.56 Å². The summed E-state index contributed by atoms with van der Waals surface area (Å²) in [7, 11) is -2.04. The van der Waals surface area contributed by atoms with Gasteiger partial charge >= 0.3 is 0 Å². The van der Waals surface area contributed by atoms with E-state index in [0.29, 0.717) is 12.2 Å². The van der Waals surface area contributed by atoms with Crippen molar-refractivity contribution in [2.45, 2.75) is 31.7 Å². The second-order valence-corrected chi connectivity index (χ2v) is 7.24. The van der Waals surface area contributed by atoms with Crippen molar-refractivity contribution in [3.63, 3.8) is 0 Å². The quantitative estimate of drug-likeness (QED) is 0.818. The summed E-state index contributed by atoms with van der Waals surface area (Å²) in [5.74, 6) is 0.0906. The van der Waals surface area contributed by atoms with Crippen LogP contribution in [-0.4, -0.2) is 38.0 Å². The molecule has 7 nitrogen and oxygen atoms in total. The molecule has 1 heterocycles. The zero-order chi connectivity index (χ0) is 17.7. The number of amides is 1. The molecule has 1 aromatic carbocycles. The summed E-state index contributed by atoms with van der Waals surface area (Å²) in [6, 6.07) is 9.60. The SMILES string of the molecule is Cc1noc(C)c1S(=O)(=O)NCCC(=O)N(C)Cc1ccccc1. The molecule has 2 aromatic rings. The number of nitrogens with zero attached hydrogens (tertiary/aromatic N) is 2. The summed E-state index contributed by atoms with van der Waals surface area (Å²) in [4.78, 5) is 13.7. The number of aromatic nitrogens is 1. The van der Waals surface area contributed by atoms with Gasteiger partial charge in [0, 0.05) is 26.6 Å². The number of aryl methyl sites for hydroxylation is 2. The molecule has 0 spiro atoms. The molecule has 0 aliphatic carbocycles.